The highest BCUT2D eigenvalue weighted by molar-refractivity contribution is 6.32. The predicted molar refractivity (Wildman–Crippen MR) is 69.6 cm³/mol. The highest BCUT2D eigenvalue weighted by Gasteiger charge is 2.12. The van der Waals surface area contributed by atoms with Crippen molar-refractivity contribution in [2.24, 2.45) is 0 Å². The highest BCUT2D eigenvalue weighted by atomic mass is 35.5. The lowest BCUT2D eigenvalue weighted by molar-refractivity contribution is 0.607. The molecule has 3 rings (SSSR count). The molecule has 4 nitrogen and oxygen atoms in total. The topological polar surface area (TPSA) is 43.6 Å². The minimum atomic E-state index is -0.449. The molecule has 0 aliphatic carbocycles. The van der Waals surface area contributed by atoms with E-state index >= 15 is 0 Å². The third-order valence-electron chi connectivity index (χ3n) is 2.62. The van der Waals surface area contributed by atoms with Crippen LogP contribution in [0, 0.1) is 5.82 Å². The molecule has 0 saturated carbocycles. The number of hydrogen-bond donors (Lipinski definition) is 0. The van der Waals surface area contributed by atoms with Gasteiger partial charge >= 0.3 is 0 Å². The van der Waals surface area contributed by atoms with Crippen LogP contribution in [0.3, 0.4) is 0 Å². The van der Waals surface area contributed by atoms with Crippen LogP contribution in [0.1, 0.15) is 0 Å². The van der Waals surface area contributed by atoms with Crippen LogP contribution in [-0.2, 0) is 0 Å². The second-order valence-electron chi connectivity index (χ2n) is 3.86. The van der Waals surface area contributed by atoms with Crippen molar-refractivity contribution >= 4 is 11.6 Å². The fraction of sp³-hybridized carbons (Fsp3) is 0. The summed E-state index contributed by atoms with van der Waals surface area (Å²) in [6, 6.07) is 8.12. The molecule has 0 amide bonds. The van der Waals surface area contributed by atoms with E-state index in [1.54, 1.807) is 36.8 Å². The zero-order valence-corrected chi connectivity index (χ0v) is 10.4. The summed E-state index contributed by atoms with van der Waals surface area (Å²) in [7, 11) is 0. The van der Waals surface area contributed by atoms with Gasteiger partial charge in [0.15, 0.2) is 0 Å². The summed E-state index contributed by atoms with van der Waals surface area (Å²) in [5.41, 5.74) is 1.60. The van der Waals surface area contributed by atoms with Crippen molar-refractivity contribution < 1.29 is 4.39 Å². The third kappa shape index (κ3) is 2.20. The number of nitrogens with zero attached hydrogens (tertiary/aromatic N) is 4. The van der Waals surface area contributed by atoms with E-state index in [2.05, 4.69) is 15.3 Å². The van der Waals surface area contributed by atoms with Gasteiger partial charge in [0, 0.05) is 18.0 Å². The molecule has 0 fully saturated rings. The molecule has 0 unspecified atom stereocenters. The second-order valence-corrected chi connectivity index (χ2v) is 4.27. The molecular formula is C13H8ClFN4. The Hall–Kier alpha value is -2.27. The smallest absolute Gasteiger partial charge is 0.150 e. The Bertz CT molecular complexity index is 691. The Kier molecular flexibility index (Phi) is 2.97. The summed E-state index contributed by atoms with van der Waals surface area (Å²) in [5.74, 6) is -0.449. The molecule has 94 valence electrons. The van der Waals surface area contributed by atoms with Crippen LogP contribution in [0.2, 0.25) is 5.02 Å². The highest BCUT2D eigenvalue weighted by Crippen LogP contribution is 2.24. The zero-order valence-electron chi connectivity index (χ0n) is 9.66. The van der Waals surface area contributed by atoms with Crippen LogP contribution in [-0.4, -0.2) is 20.0 Å². The van der Waals surface area contributed by atoms with Gasteiger partial charge in [-0.15, -0.1) is 5.10 Å². The van der Waals surface area contributed by atoms with Crippen LogP contribution in [0.25, 0.3) is 16.9 Å². The summed E-state index contributed by atoms with van der Waals surface area (Å²) in [5, 5.41) is 8.17. The van der Waals surface area contributed by atoms with E-state index in [4.69, 9.17) is 11.6 Å². The Morgan fingerprint density at radius 1 is 1.16 bits per heavy atom. The molecule has 0 atom stereocenters. The molecule has 0 radical (unpaired) electrons. The van der Waals surface area contributed by atoms with Crippen LogP contribution in [0.15, 0.2) is 48.9 Å². The quantitative estimate of drug-likeness (QED) is 0.721. The average molecular weight is 275 g/mol. The van der Waals surface area contributed by atoms with Gasteiger partial charge in [-0.2, -0.15) is 0 Å². The van der Waals surface area contributed by atoms with Crippen LogP contribution >= 0.6 is 11.6 Å². The van der Waals surface area contributed by atoms with Gasteiger partial charge < -0.3 is 0 Å². The third-order valence-corrected chi connectivity index (χ3v) is 2.92. The lowest BCUT2D eigenvalue weighted by Crippen LogP contribution is -1.99. The van der Waals surface area contributed by atoms with Gasteiger partial charge in [0.2, 0.25) is 0 Å². The number of hydrogen-bond acceptors (Lipinski definition) is 3. The largest absolute Gasteiger partial charge is 0.264 e. The summed E-state index contributed by atoms with van der Waals surface area (Å²) in [6.07, 6.45) is 4.94. The fourth-order valence-electron chi connectivity index (χ4n) is 1.73. The molecule has 2 heterocycles. The molecule has 1 aromatic carbocycles. The van der Waals surface area contributed by atoms with Gasteiger partial charge in [0.05, 0.1) is 11.2 Å². The minimum Gasteiger partial charge on any atom is -0.264 e. The summed E-state index contributed by atoms with van der Waals surface area (Å²) < 4.78 is 15.1. The van der Waals surface area contributed by atoms with Gasteiger partial charge in [-0.05, 0) is 24.3 Å². The molecule has 0 saturated heterocycles. The second kappa shape index (κ2) is 4.78. The number of aromatic nitrogens is 4. The van der Waals surface area contributed by atoms with E-state index in [1.807, 2.05) is 6.07 Å². The zero-order chi connectivity index (χ0) is 13.2. The minimum absolute atomic E-state index is 0.187. The van der Waals surface area contributed by atoms with Gasteiger partial charge in [-0.25, -0.2) is 9.07 Å². The molecule has 0 N–H and O–H groups in total. The first-order valence-electron chi connectivity index (χ1n) is 5.53. The Labute approximate surface area is 113 Å². The Morgan fingerprint density at radius 3 is 2.79 bits per heavy atom. The van der Waals surface area contributed by atoms with Crippen LogP contribution in [0.5, 0.6) is 0 Å². The van der Waals surface area contributed by atoms with Gasteiger partial charge in [0.25, 0.3) is 0 Å². The van der Waals surface area contributed by atoms with E-state index in [9.17, 15) is 4.39 Å². The van der Waals surface area contributed by atoms with E-state index in [0.29, 0.717) is 5.69 Å². The number of pyridine rings is 1. The molecule has 0 bridgehead atoms. The van der Waals surface area contributed by atoms with E-state index in [0.717, 1.165) is 5.56 Å². The Morgan fingerprint density at radius 2 is 2.05 bits per heavy atom. The normalized spacial score (nSPS) is 10.6. The molecule has 0 aliphatic heterocycles. The lowest BCUT2D eigenvalue weighted by Gasteiger charge is -2.03. The average Bonchev–Trinajstić information content (AvgIpc) is 2.89. The molecular weight excluding hydrogens is 267 g/mol. The molecule has 3 aromatic rings. The molecule has 0 aliphatic rings. The summed E-state index contributed by atoms with van der Waals surface area (Å²) >= 11 is 5.98. The maximum absolute atomic E-state index is 13.8. The van der Waals surface area contributed by atoms with Gasteiger partial charge in [-0.3, -0.25) is 4.98 Å². The molecule has 6 heteroatoms. The predicted octanol–water partition coefficient (Wildman–Crippen LogP) is 3.12. The first kappa shape index (κ1) is 11.8. The first-order valence-corrected chi connectivity index (χ1v) is 5.90. The monoisotopic (exact) mass is 274 g/mol. The first-order chi connectivity index (χ1) is 9.25. The van der Waals surface area contributed by atoms with Crippen molar-refractivity contribution in [3.05, 3.63) is 59.8 Å². The number of para-hydroxylation sites is 1. The fourth-order valence-corrected chi connectivity index (χ4v) is 1.98. The summed E-state index contributed by atoms with van der Waals surface area (Å²) in [6.45, 7) is 0. The van der Waals surface area contributed by atoms with Crippen LogP contribution in [0.4, 0.5) is 4.39 Å². The van der Waals surface area contributed by atoms with Crippen LogP contribution < -0.4 is 0 Å². The SMILES string of the molecule is Fc1cccc(Cl)c1-n1cc(-c2cccnc2)nn1. The lowest BCUT2D eigenvalue weighted by atomic mass is 10.2. The van der Waals surface area contributed by atoms with Crippen molar-refractivity contribution in [3.8, 4) is 16.9 Å². The van der Waals surface area contributed by atoms with Crippen molar-refractivity contribution in [3.63, 3.8) is 0 Å². The standard InChI is InChI=1S/C13H8ClFN4/c14-10-4-1-5-11(15)13(10)19-8-12(17-18-19)9-3-2-6-16-7-9/h1-8H. The number of rotatable bonds is 2. The maximum atomic E-state index is 13.8. The molecule has 19 heavy (non-hydrogen) atoms. The van der Waals surface area contributed by atoms with Crippen molar-refractivity contribution in [1.82, 2.24) is 20.0 Å². The van der Waals surface area contributed by atoms with Crippen molar-refractivity contribution in [1.29, 1.82) is 0 Å². The van der Waals surface area contributed by atoms with Crippen molar-refractivity contribution in [2.75, 3.05) is 0 Å². The van der Waals surface area contributed by atoms with E-state index in [-0.39, 0.29) is 10.7 Å². The number of benzene rings is 1. The van der Waals surface area contributed by atoms with Gasteiger partial charge in [0.1, 0.15) is 17.2 Å². The molecule has 0 spiro atoms. The van der Waals surface area contributed by atoms with Crippen molar-refractivity contribution in [2.45, 2.75) is 0 Å². The van der Waals surface area contributed by atoms with E-state index in [1.165, 1.54) is 10.7 Å². The Balaban J connectivity index is 2.07. The summed E-state index contributed by atoms with van der Waals surface area (Å²) in [4.78, 5) is 4.00. The van der Waals surface area contributed by atoms with Gasteiger partial charge in [-0.1, -0.05) is 22.9 Å². The van der Waals surface area contributed by atoms with E-state index < -0.39 is 5.82 Å². The maximum Gasteiger partial charge on any atom is 0.150 e. The number of halogens is 2. The molecule has 2 aromatic heterocycles.